The van der Waals surface area contributed by atoms with Crippen LogP contribution in [0.1, 0.15) is 82.2 Å². The van der Waals surface area contributed by atoms with Crippen LogP contribution < -0.4 is 15.5 Å². The average Bonchev–Trinajstić information content (AvgIpc) is 3.90. The first kappa shape index (κ1) is 44.7. The second kappa shape index (κ2) is 18.0. The molecule has 0 spiro atoms. The number of pyridine rings is 1. The number of ether oxygens (including phenoxy) is 2. The quantitative estimate of drug-likeness (QED) is 0.150. The van der Waals surface area contributed by atoms with Gasteiger partial charge in [0.05, 0.1) is 40.7 Å². The predicted octanol–water partition coefficient (Wildman–Crippen LogP) is 8.55. The van der Waals surface area contributed by atoms with Crippen LogP contribution in [0.15, 0.2) is 60.9 Å². The van der Waals surface area contributed by atoms with Crippen molar-refractivity contribution in [3.8, 4) is 22.4 Å². The SMILES string of the molecule is COC(=O)NC(C(=O)N1CCCC1c1nc(-c2ccc(-c3cc(Cl)c(NC(=O)c4ccc(N5CCN(C(=O)OC(C)(C)C)C[C@H]5C)nc4)cc3C(F)(F)F)cc2)c[nH]1)C(C)C. The molecule has 0 bridgehead atoms. The summed E-state index contributed by atoms with van der Waals surface area (Å²) in [6, 6.07) is 10.3. The van der Waals surface area contributed by atoms with Gasteiger partial charge in [-0.2, -0.15) is 13.2 Å². The highest BCUT2D eigenvalue weighted by Crippen LogP contribution is 2.42. The summed E-state index contributed by atoms with van der Waals surface area (Å²) in [5.74, 6) is -0.0195. The van der Waals surface area contributed by atoms with Crippen LogP contribution >= 0.6 is 11.6 Å². The molecule has 0 saturated carbocycles. The van der Waals surface area contributed by atoms with Crippen molar-refractivity contribution in [3.63, 3.8) is 0 Å². The predicted molar refractivity (Wildman–Crippen MR) is 224 cm³/mol. The van der Waals surface area contributed by atoms with Crippen molar-refractivity contribution in [2.24, 2.45) is 5.92 Å². The van der Waals surface area contributed by atoms with Gasteiger partial charge in [-0.1, -0.05) is 49.7 Å². The number of hydrogen-bond acceptors (Lipinski definition) is 9. The number of carbonyl (C=O) groups is 4. The van der Waals surface area contributed by atoms with E-state index in [1.54, 1.807) is 55.0 Å². The Bertz CT molecular complexity index is 2240. The summed E-state index contributed by atoms with van der Waals surface area (Å²) in [7, 11) is 1.23. The van der Waals surface area contributed by atoms with Crippen molar-refractivity contribution in [3.05, 3.63) is 82.9 Å². The van der Waals surface area contributed by atoms with Crippen LogP contribution in [-0.2, 0) is 20.4 Å². The van der Waals surface area contributed by atoms with Crippen LogP contribution in [-0.4, -0.2) is 99.7 Å². The zero-order valence-electron chi connectivity index (χ0n) is 35.0. The summed E-state index contributed by atoms with van der Waals surface area (Å²) in [4.78, 5) is 69.0. The van der Waals surface area contributed by atoms with Gasteiger partial charge in [-0.15, -0.1) is 0 Å². The lowest BCUT2D eigenvalue weighted by molar-refractivity contribution is -0.137. The minimum absolute atomic E-state index is 0.101. The molecular formula is C43H50ClF3N8O6. The van der Waals surface area contributed by atoms with Crippen molar-refractivity contribution >= 4 is 47.1 Å². The molecule has 2 saturated heterocycles. The molecule has 4 amide bonds. The third-order valence-corrected chi connectivity index (χ3v) is 10.9. The zero-order chi connectivity index (χ0) is 44.4. The number of H-pyrrole nitrogens is 1. The smallest absolute Gasteiger partial charge is 0.417 e. The molecule has 3 atom stereocenters. The van der Waals surface area contributed by atoms with Crippen LogP contribution in [0.4, 0.5) is 34.3 Å². The first-order chi connectivity index (χ1) is 28.7. The molecular weight excluding hydrogens is 817 g/mol. The maximum atomic E-state index is 14.6. The number of hydrogen-bond donors (Lipinski definition) is 3. The number of imidazole rings is 1. The number of aromatic amines is 1. The maximum absolute atomic E-state index is 14.6. The van der Waals surface area contributed by atoms with Crippen LogP contribution in [0.2, 0.25) is 5.02 Å². The standard InChI is InChI=1S/C43H50ClF3N8O6/c1-24(2)36(52-40(58)60-7)39(57)55-16-8-9-34(55)37-49-22-33(50-37)27-12-10-26(11-13-27)29-19-31(44)32(20-30(29)43(45,46)47)51-38(56)28-14-15-35(48-21-28)54-18-17-53(23-25(54)3)41(59)61-42(4,5)6/h10-15,19-22,24-25,34,36H,8-9,16-18,23H2,1-7H3,(H,49,50)(H,51,56)(H,52,58)/t25-,34?,36?/m1/s1. The Morgan fingerprint density at radius 1 is 0.984 bits per heavy atom. The van der Waals surface area contributed by atoms with Crippen molar-refractivity contribution in [1.82, 2.24) is 30.1 Å². The molecule has 0 aliphatic carbocycles. The van der Waals surface area contributed by atoms with Gasteiger partial charge in [0, 0.05) is 50.2 Å². The number of nitrogens with one attached hydrogen (secondary N) is 3. The Labute approximate surface area is 357 Å². The van der Waals surface area contributed by atoms with Crippen molar-refractivity contribution in [1.29, 1.82) is 0 Å². The third kappa shape index (κ3) is 10.4. The van der Waals surface area contributed by atoms with Crippen molar-refractivity contribution in [2.45, 2.75) is 84.3 Å². The Hall–Kier alpha value is -5.84. The largest absolute Gasteiger partial charge is 0.453 e. The van der Waals surface area contributed by atoms with E-state index in [1.165, 1.54) is 37.6 Å². The molecule has 4 heterocycles. The summed E-state index contributed by atoms with van der Waals surface area (Å²) in [5, 5.41) is 5.03. The van der Waals surface area contributed by atoms with E-state index in [0.717, 1.165) is 12.5 Å². The molecule has 2 aliphatic heterocycles. The minimum atomic E-state index is -4.80. The highest BCUT2D eigenvalue weighted by molar-refractivity contribution is 6.34. The monoisotopic (exact) mass is 866 g/mol. The lowest BCUT2D eigenvalue weighted by Gasteiger charge is -2.40. The van der Waals surface area contributed by atoms with Crippen LogP contribution in [0.25, 0.3) is 22.4 Å². The van der Waals surface area contributed by atoms with Crippen LogP contribution in [0.5, 0.6) is 0 Å². The first-order valence-electron chi connectivity index (χ1n) is 20.0. The van der Waals surface area contributed by atoms with Gasteiger partial charge >= 0.3 is 18.4 Å². The van der Waals surface area contributed by atoms with E-state index in [4.69, 9.17) is 26.1 Å². The number of carbonyl (C=O) groups excluding carboxylic acids is 4. The normalized spacial score (nSPS) is 17.6. The number of halogens is 4. The zero-order valence-corrected chi connectivity index (χ0v) is 35.8. The Morgan fingerprint density at radius 2 is 1.69 bits per heavy atom. The second-order valence-corrected chi connectivity index (χ2v) is 16.9. The Morgan fingerprint density at radius 3 is 2.30 bits per heavy atom. The number of benzene rings is 2. The third-order valence-electron chi connectivity index (χ3n) is 10.6. The summed E-state index contributed by atoms with van der Waals surface area (Å²) in [6.45, 7) is 12.8. The van der Waals surface area contributed by atoms with Crippen LogP contribution in [0.3, 0.4) is 0 Å². The molecule has 2 aliphatic rings. The fraction of sp³-hybridized carbons (Fsp3) is 0.442. The van der Waals surface area contributed by atoms with E-state index in [2.05, 4.69) is 20.6 Å². The number of nitrogens with zero attached hydrogens (tertiary/aromatic N) is 5. The number of amides is 4. The van der Waals surface area contributed by atoms with E-state index < -0.39 is 41.5 Å². The summed E-state index contributed by atoms with van der Waals surface area (Å²) in [5.41, 5.74) is -0.530. The van der Waals surface area contributed by atoms with Gasteiger partial charge in [-0.25, -0.2) is 19.6 Å². The summed E-state index contributed by atoms with van der Waals surface area (Å²) in [6.07, 6.45) is -1.49. The summed E-state index contributed by atoms with van der Waals surface area (Å²) >= 11 is 6.53. The number of alkyl carbamates (subject to hydrolysis) is 1. The van der Waals surface area contributed by atoms with Crippen LogP contribution in [0, 0.1) is 5.92 Å². The Balaban J connectivity index is 1.14. The van der Waals surface area contributed by atoms with E-state index in [-0.39, 0.29) is 51.3 Å². The first-order valence-corrected chi connectivity index (χ1v) is 20.4. The number of aromatic nitrogens is 3. The summed E-state index contributed by atoms with van der Waals surface area (Å²) < 4.78 is 54.0. The fourth-order valence-corrected chi connectivity index (χ4v) is 7.70. The van der Waals surface area contributed by atoms with E-state index >= 15 is 0 Å². The number of likely N-dealkylation sites (tertiary alicyclic amines) is 1. The number of methoxy groups -OCH3 is 1. The molecule has 18 heteroatoms. The number of rotatable bonds is 9. The lowest BCUT2D eigenvalue weighted by atomic mass is 9.97. The number of anilines is 2. The van der Waals surface area contributed by atoms with Gasteiger partial charge in [-0.05, 0) is 81.8 Å². The Kier molecular flexibility index (Phi) is 13.2. The molecule has 2 unspecified atom stereocenters. The molecule has 14 nitrogen and oxygen atoms in total. The minimum Gasteiger partial charge on any atom is -0.453 e. The van der Waals surface area contributed by atoms with Gasteiger partial charge in [-0.3, -0.25) is 9.59 Å². The number of piperazine rings is 1. The molecule has 2 fully saturated rings. The van der Waals surface area contributed by atoms with E-state index in [1.807, 2.05) is 25.7 Å². The van der Waals surface area contributed by atoms with E-state index in [0.29, 0.717) is 55.5 Å². The molecule has 6 rings (SSSR count). The average molecular weight is 867 g/mol. The van der Waals surface area contributed by atoms with Gasteiger partial charge in [0.2, 0.25) is 5.91 Å². The maximum Gasteiger partial charge on any atom is 0.417 e. The van der Waals surface area contributed by atoms with Crippen molar-refractivity contribution < 1.29 is 41.8 Å². The lowest BCUT2D eigenvalue weighted by Crippen LogP contribution is -2.54. The molecule has 2 aromatic heterocycles. The van der Waals surface area contributed by atoms with Crippen molar-refractivity contribution in [2.75, 3.05) is 43.5 Å². The fourth-order valence-electron chi connectivity index (χ4n) is 7.49. The molecule has 326 valence electrons. The highest BCUT2D eigenvalue weighted by Gasteiger charge is 2.38. The van der Waals surface area contributed by atoms with Gasteiger partial charge in [0.15, 0.2) is 0 Å². The molecule has 2 aromatic carbocycles. The molecule has 3 N–H and O–H groups in total. The topological polar surface area (TPSA) is 162 Å². The van der Waals surface area contributed by atoms with Gasteiger partial charge in [0.1, 0.15) is 23.3 Å². The molecule has 0 radical (unpaired) electrons. The second-order valence-electron chi connectivity index (χ2n) is 16.5. The van der Waals surface area contributed by atoms with Gasteiger partial charge in [0.25, 0.3) is 5.91 Å². The molecule has 4 aromatic rings. The highest BCUT2D eigenvalue weighted by atomic mass is 35.5. The molecule has 61 heavy (non-hydrogen) atoms. The van der Waals surface area contributed by atoms with Gasteiger partial charge < -0.3 is 39.8 Å². The van der Waals surface area contributed by atoms with E-state index in [9.17, 15) is 32.3 Å². The number of alkyl halides is 3.